The van der Waals surface area contributed by atoms with E-state index in [-0.39, 0.29) is 121 Å². The molecule has 1 saturated heterocycles. The molecule has 89 heavy (non-hydrogen) atoms. The average Bonchev–Trinajstić information content (AvgIpc) is 2.44. The average molecular weight is 1260 g/mol. The van der Waals surface area contributed by atoms with E-state index in [9.17, 15) is 52.7 Å². The Morgan fingerprint density at radius 2 is 0.539 bits per heavy atom. The molecular formula is C62H110N16O11. The summed E-state index contributed by atoms with van der Waals surface area (Å²) in [6.07, 6.45) is 3.81. The lowest BCUT2D eigenvalue weighted by Gasteiger charge is -2.30. The zero-order valence-corrected chi connectivity index (χ0v) is 53.7. The van der Waals surface area contributed by atoms with Crippen LogP contribution in [0.1, 0.15) is 176 Å². The zero-order chi connectivity index (χ0) is 66.4. The van der Waals surface area contributed by atoms with Crippen molar-refractivity contribution in [2.75, 3.05) is 32.7 Å². The molecule has 0 bridgehead atoms. The monoisotopic (exact) mass is 1250 g/mol. The van der Waals surface area contributed by atoms with E-state index in [0.29, 0.717) is 69.8 Å². The van der Waals surface area contributed by atoms with Crippen LogP contribution in [0.5, 0.6) is 0 Å². The summed E-state index contributed by atoms with van der Waals surface area (Å²) < 4.78 is 0. The fourth-order valence-corrected chi connectivity index (χ4v) is 10.3. The maximum absolute atomic E-state index is 14.8. The van der Waals surface area contributed by atoms with E-state index >= 15 is 0 Å². The predicted octanol–water partition coefficient (Wildman–Crippen LogP) is -0.861. The van der Waals surface area contributed by atoms with Gasteiger partial charge in [-0.2, -0.15) is 0 Å². The number of nitrogens with one attached hydrogen (secondary N) is 10. The molecule has 0 saturated carbocycles. The molecule has 1 heterocycles. The minimum absolute atomic E-state index is 0.0257. The molecule has 11 amide bonds. The molecule has 22 N–H and O–H groups in total. The lowest BCUT2D eigenvalue weighted by molar-refractivity contribution is -0.137. The van der Waals surface area contributed by atoms with Crippen molar-refractivity contribution in [1.82, 2.24) is 53.2 Å². The number of amides is 11. The summed E-state index contributed by atoms with van der Waals surface area (Å²) >= 11 is 0. The number of primary amides is 1. The van der Waals surface area contributed by atoms with E-state index in [1.165, 1.54) is 0 Å². The maximum atomic E-state index is 14.8. The number of nitrogens with two attached hydrogens (primary N) is 6. The number of unbranched alkanes of at least 4 members (excludes halogenated alkanes) is 5. The van der Waals surface area contributed by atoms with Crippen molar-refractivity contribution in [3.05, 3.63) is 35.9 Å². The van der Waals surface area contributed by atoms with Gasteiger partial charge in [0.15, 0.2) is 0 Å². The van der Waals surface area contributed by atoms with Crippen molar-refractivity contribution in [3.8, 4) is 0 Å². The maximum Gasteiger partial charge on any atom is 0.243 e. The first kappa shape index (κ1) is 78.3. The molecule has 2 rings (SSSR count). The van der Waals surface area contributed by atoms with Crippen LogP contribution in [-0.2, 0) is 59.2 Å². The molecule has 1 aromatic carbocycles. The molecule has 10 atom stereocenters. The normalized spacial score (nSPS) is 23.9. The van der Waals surface area contributed by atoms with Gasteiger partial charge >= 0.3 is 0 Å². The quantitative estimate of drug-likeness (QED) is 0.0402. The summed E-state index contributed by atoms with van der Waals surface area (Å²) in [4.78, 5) is 158. The van der Waals surface area contributed by atoms with Crippen molar-refractivity contribution in [1.29, 1.82) is 0 Å². The van der Waals surface area contributed by atoms with Gasteiger partial charge in [0.1, 0.15) is 60.4 Å². The van der Waals surface area contributed by atoms with Gasteiger partial charge in [-0.05, 0) is 178 Å². The summed E-state index contributed by atoms with van der Waals surface area (Å²) in [5.41, 5.74) is 35.5. The Morgan fingerprint density at radius 3 is 0.775 bits per heavy atom. The molecule has 27 heteroatoms. The van der Waals surface area contributed by atoms with Crippen LogP contribution in [0.2, 0.25) is 0 Å². The highest BCUT2D eigenvalue weighted by molar-refractivity contribution is 5.99. The van der Waals surface area contributed by atoms with Crippen LogP contribution in [0.3, 0.4) is 0 Å². The first-order chi connectivity index (χ1) is 42.4. The van der Waals surface area contributed by atoms with Gasteiger partial charge in [-0.1, -0.05) is 71.9 Å². The van der Waals surface area contributed by atoms with Crippen molar-refractivity contribution in [2.45, 2.75) is 237 Å². The fraction of sp³-hybridized carbons (Fsp3) is 0.726. The van der Waals surface area contributed by atoms with Crippen LogP contribution in [0.15, 0.2) is 30.3 Å². The number of rotatable bonds is 31. The SMILES string of the molecule is CC(C)C[C@@H]1NC(=O)[C@H](CCCCN)NC(=O)[C@H](CCCCN)NC(=O)[C@H](Cc2ccccc2)NC(=O)[C@H](CCCCN)NC(=O)[C@H](CCCCN)NC(=O)[C@H](CC(C)C)NC(=O)[C@H](CC(C)C)NC(=O)[C@H](CCCCN)NC(=O)[C@H](CCC(N)=O)NC1=O. The predicted molar refractivity (Wildman–Crippen MR) is 341 cm³/mol. The molecule has 0 unspecified atom stereocenters. The second-order valence-corrected chi connectivity index (χ2v) is 24.6. The van der Waals surface area contributed by atoms with Crippen LogP contribution in [0, 0.1) is 17.8 Å². The highest BCUT2D eigenvalue weighted by Gasteiger charge is 2.37. The third-order valence-electron chi connectivity index (χ3n) is 15.1. The summed E-state index contributed by atoms with van der Waals surface area (Å²) in [7, 11) is 0. The van der Waals surface area contributed by atoms with Gasteiger partial charge in [0.2, 0.25) is 65.0 Å². The topological polar surface area (TPSA) is 464 Å². The van der Waals surface area contributed by atoms with Gasteiger partial charge in [-0.3, -0.25) is 52.7 Å². The minimum atomic E-state index is -1.49. The Kier molecular flexibility index (Phi) is 38.5. The van der Waals surface area contributed by atoms with Gasteiger partial charge in [-0.25, -0.2) is 0 Å². The van der Waals surface area contributed by atoms with Crippen LogP contribution in [-0.4, -0.2) is 158 Å². The first-order valence-corrected chi connectivity index (χ1v) is 32.2. The minimum Gasteiger partial charge on any atom is -0.370 e. The molecule has 0 aromatic heterocycles. The van der Waals surface area contributed by atoms with E-state index in [2.05, 4.69) is 53.2 Å². The molecule has 27 nitrogen and oxygen atoms in total. The summed E-state index contributed by atoms with van der Waals surface area (Å²) in [6, 6.07) is -4.31. The zero-order valence-electron chi connectivity index (χ0n) is 53.7. The second kappa shape index (κ2) is 43.8. The highest BCUT2D eigenvalue weighted by atomic mass is 16.2. The van der Waals surface area contributed by atoms with Crippen LogP contribution in [0.4, 0.5) is 0 Å². The third-order valence-corrected chi connectivity index (χ3v) is 15.1. The van der Waals surface area contributed by atoms with Crippen LogP contribution in [0.25, 0.3) is 0 Å². The van der Waals surface area contributed by atoms with Gasteiger partial charge in [0.05, 0.1) is 0 Å². The molecule has 1 fully saturated rings. The second-order valence-electron chi connectivity index (χ2n) is 24.6. The molecule has 1 aromatic rings. The Hall–Kier alpha value is -6.81. The molecular weight excluding hydrogens is 1140 g/mol. The number of hydrogen-bond acceptors (Lipinski definition) is 16. The first-order valence-electron chi connectivity index (χ1n) is 32.2. The lowest BCUT2D eigenvalue weighted by Crippen LogP contribution is -2.61. The molecule has 0 radical (unpaired) electrons. The van der Waals surface area contributed by atoms with Gasteiger partial charge in [0, 0.05) is 12.8 Å². The van der Waals surface area contributed by atoms with Crippen LogP contribution < -0.4 is 87.6 Å². The van der Waals surface area contributed by atoms with Crippen molar-refractivity contribution < 1.29 is 52.7 Å². The Morgan fingerprint density at radius 1 is 0.326 bits per heavy atom. The Balaban J connectivity index is 3.01. The number of carbonyl (C=O) groups is 11. The molecule has 1 aliphatic rings. The van der Waals surface area contributed by atoms with E-state index in [1.54, 1.807) is 44.2 Å². The highest BCUT2D eigenvalue weighted by Crippen LogP contribution is 2.16. The van der Waals surface area contributed by atoms with Crippen molar-refractivity contribution >= 4 is 65.0 Å². The molecule has 0 aliphatic carbocycles. The van der Waals surface area contributed by atoms with E-state index in [0.717, 1.165) is 0 Å². The fourth-order valence-electron chi connectivity index (χ4n) is 10.3. The van der Waals surface area contributed by atoms with Gasteiger partial charge in [0.25, 0.3) is 0 Å². The largest absolute Gasteiger partial charge is 0.370 e. The van der Waals surface area contributed by atoms with Gasteiger partial charge < -0.3 is 87.6 Å². The van der Waals surface area contributed by atoms with Crippen molar-refractivity contribution in [3.63, 3.8) is 0 Å². The number of hydrogen-bond donors (Lipinski definition) is 16. The molecule has 0 spiro atoms. The summed E-state index contributed by atoms with van der Waals surface area (Å²) in [5, 5.41) is 27.9. The Labute approximate surface area is 526 Å². The molecule has 1 aliphatic heterocycles. The number of carbonyl (C=O) groups excluding carboxylic acids is 11. The smallest absolute Gasteiger partial charge is 0.243 e. The van der Waals surface area contributed by atoms with Gasteiger partial charge in [-0.15, -0.1) is 0 Å². The van der Waals surface area contributed by atoms with E-state index in [1.807, 2.05) is 27.7 Å². The third kappa shape index (κ3) is 31.5. The standard InChI is InChI=1S/C62H110N16O11/c1-38(2)34-48-60(87)74-47(27-28-52(68)79)58(85)71-45(25-13-18-32-66)56(83)76-50(36-40(5)6)61(88)77-49(35-39(3)4)59(86)72-42(22-10-15-29-63)53(80)70-46(26-14-19-33-67)57(84)78-51(37-41-20-8-7-9-21-41)62(89)73-43(23-11-16-30-64)54(81)69-44(55(82)75-48)24-12-17-31-65/h7-9,20-21,38-40,42-51H,10-19,22-37,63-67H2,1-6H3,(H2,68,79)(H,69,81)(H,70,80)(H,71,85)(H,72,86)(H,73,89)(H,74,87)(H,75,82)(H,76,83)(H,77,88)(H,78,84)/t42-,43-,44-,45-,46-,47-,48-,49-,50-,51-/m0/s1. The van der Waals surface area contributed by atoms with E-state index < -0.39 is 125 Å². The molecule has 504 valence electrons. The Bertz CT molecular complexity index is 2370. The van der Waals surface area contributed by atoms with Crippen LogP contribution >= 0.6 is 0 Å². The van der Waals surface area contributed by atoms with E-state index in [4.69, 9.17) is 34.4 Å². The summed E-state index contributed by atoms with van der Waals surface area (Å²) in [5.74, 6) is -9.13. The lowest BCUT2D eigenvalue weighted by atomic mass is 9.98. The van der Waals surface area contributed by atoms with Crippen molar-refractivity contribution in [2.24, 2.45) is 52.2 Å². The number of benzene rings is 1. The summed E-state index contributed by atoms with van der Waals surface area (Å²) in [6.45, 7) is 12.2.